The van der Waals surface area contributed by atoms with E-state index in [9.17, 15) is 0 Å². The van der Waals surface area contributed by atoms with Gasteiger partial charge in [-0.05, 0) is 38.7 Å². The molecule has 1 aromatic heterocycles. The van der Waals surface area contributed by atoms with Gasteiger partial charge >= 0.3 is 0 Å². The summed E-state index contributed by atoms with van der Waals surface area (Å²) in [5.74, 6) is 0.889. The van der Waals surface area contributed by atoms with E-state index in [4.69, 9.17) is 4.43 Å². The average Bonchev–Trinajstić information content (AvgIpc) is 1.91. The topological polar surface area (TPSA) is 22.1 Å². The fourth-order valence-electron chi connectivity index (χ4n) is 0.868. The summed E-state index contributed by atoms with van der Waals surface area (Å²) >= 11 is 0. The zero-order valence-electron chi connectivity index (χ0n) is 8.09. The van der Waals surface area contributed by atoms with Crippen molar-refractivity contribution < 1.29 is 4.43 Å². The van der Waals surface area contributed by atoms with Crippen LogP contribution < -0.4 is 4.43 Å². The Morgan fingerprint density at radius 2 is 1.92 bits per heavy atom. The van der Waals surface area contributed by atoms with Crippen LogP contribution in [-0.2, 0) is 0 Å². The molecule has 0 spiro atoms. The molecular weight excluding hydrogens is 166 g/mol. The molecule has 1 heterocycles. The molecule has 0 saturated carbocycles. The fraction of sp³-hybridized carbons (Fsp3) is 0.444. The smallest absolute Gasteiger partial charge is 0.242 e. The van der Waals surface area contributed by atoms with Crippen LogP contribution in [0.5, 0.6) is 5.75 Å². The van der Waals surface area contributed by atoms with Crippen molar-refractivity contribution in [2.75, 3.05) is 0 Å². The van der Waals surface area contributed by atoms with Gasteiger partial charge in [0.25, 0.3) is 0 Å². The minimum atomic E-state index is -1.46. The summed E-state index contributed by atoms with van der Waals surface area (Å²) in [6, 6.07) is 3.94. The molecule has 0 aromatic carbocycles. The van der Waals surface area contributed by atoms with E-state index in [-0.39, 0.29) is 0 Å². The number of aromatic nitrogens is 1. The summed E-state index contributed by atoms with van der Waals surface area (Å²) in [5.41, 5.74) is 1.03. The highest BCUT2D eigenvalue weighted by molar-refractivity contribution is 6.70. The van der Waals surface area contributed by atoms with Gasteiger partial charge in [0.1, 0.15) is 5.75 Å². The van der Waals surface area contributed by atoms with E-state index in [1.54, 1.807) is 6.20 Å². The lowest BCUT2D eigenvalue weighted by Crippen LogP contribution is -2.29. The number of rotatable bonds is 2. The molecule has 0 N–H and O–H groups in total. The second-order valence-corrected chi connectivity index (χ2v) is 8.28. The van der Waals surface area contributed by atoms with E-state index < -0.39 is 8.32 Å². The van der Waals surface area contributed by atoms with Crippen LogP contribution in [0.4, 0.5) is 0 Å². The Labute approximate surface area is 74.7 Å². The molecule has 2 nitrogen and oxygen atoms in total. The molecule has 0 aliphatic carbocycles. The first-order valence-corrected chi connectivity index (χ1v) is 7.50. The highest BCUT2D eigenvalue weighted by Crippen LogP contribution is 2.14. The maximum atomic E-state index is 5.73. The molecule has 0 saturated heterocycles. The van der Waals surface area contributed by atoms with Crippen LogP contribution in [0.1, 0.15) is 5.69 Å². The maximum Gasteiger partial charge on any atom is 0.242 e. The molecule has 0 aliphatic heterocycles. The van der Waals surface area contributed by atoms with Crippen molar-refractivity contribution in [3.63, 3.8) is 0 Å². The SMILES string of the molecule is Cc1ccc(O[Si](C)(C)C)cn1. The third-order valence-electron chi connectivity index (χ3n) is 1.31. The average molecular weight is 181 g/mol. The first-order valence-electron chi connectivity index (χ1n) is 4.09. The Morgan fingerprint density at radius 1 is 1.25 bits per heavy atom. The zero-order chi connectivity index (χ0) is 9.19. The second kappa shape index (κ2) is 3.27. The summed E-state index contributed by atoms with van der Waals surface area (Å²) in [7, 11) is -1.46. The van der Waals surface area contributed by atoms with Crippen LogP contribution in [0.3, 0.4) is 0 Å². The third-order valence-corrected chi connectivity index (χ3v) is 2.16. The minimum absolute atomic E-state index is 0.889. The predicted molar refractivity (Wildman–Crippen MR) is 52.9 cm³/mol. The summed E-state index contributed by atoms with van der Waals surface area (Å²) in [4.78, 5) is 4.16. The zero-order valence-corrected chi connectivity index (χ0v) is 9.09. The number of pyridine rings is 1. The van der Waals surface area contributed by atoms with E-state index in [0.29, 0.717) is 0 Å². The van der Waals surface area contributed by atoms with E-state index in [1.165, 1.54) is 0 Å². The lowest BCUT2D eigenvalue weighted by atomic mass is 10.4. The van der Waals surface area contributed by atoms with Crippen LogP contribution in [0.25, 0.3) is 0 Å². The molecule has 3 heteroatoms. The van der Waals surface area contributed by atoms with Crippen molar-refractivity contribution in [2.45, 2.75) is 26.6 Å². The van der Waals surface area contributed by atoms with Gasteiger partial charge in [0.05, 0.1) is 6.20 Å². The molecule has 0 atom stereocenters. The van der Waals surface area contributed by atoms with Gasteiger partial charge in [-0.3, -0.25) is 4.98 Å². The van der Waals surface area contributed by atoms with Crippen molar-refractivity contribution in [1.29, 1.82) is 0 Å². The molecule has 66 valence electrons. The van der Waals surface area contributed by atoms with E-state index >= 15 is 0 Å². The summed E-state index contributed by atoms with van der Waals surface area (Å²) in [5, 5.41) is 0. The highest BCUT2D eigenvalue weighted by Gasteiger charge is 2.15. The second-order valence-electron chi connectivity index (χ2n) is 3.85. The molecule has 1 rings (SSSR count). The molecule has 1 aromatic rings. The molecule has 0 aliphatic rings. The van der Waals surface area contributed by atoms with Crippen molar-refractivity contribution in [3.05, 3.63) is 24.0 Å². The van der Waals surface area contributed by atoms with Gasteiger partial charge in [0, 0.05) is 5.69 Å². The van der Waals surface area contributed by atoms with Gasteiger partial charge in [0.15, 0.2) is 0 Å². The maximum absolute atomic E-state index is 5.73. The number of nitrogens with zero attached hydrogens (tertiary/aromatic N) is 1. The normalized spacial score (nSPS) is 11.3. The summed E-state index contributed by atoms with van der Waals surface area (Å²) < 4.78 is 5.73. The Bertz CT molecular complexity index is 250. The first-order chi connectivity index (χ1) is 5.47. The number of hydrogen-bond acceptors (Lipinski definition) is 2. The van der Waals surface area contributed by atoms with E-state index in [2.05, 4.69) is 24.6 Å². The molecule has 0 unspecified atom stereocenters. The van der Waals surface area contributed by atoms with Crippen LogP contribution in [0.2, 0.25) is 19.6 Å². The number of hydrogen-bond donors (Lipinski definition) is 0. The molecule has 12 heavy (non-hydrogen) atoms. The van der Waals surface area contributed by atoms with Gasteiger partial charge in [-0.25, -0.2) is 0 Å². The minimum Gasteiger partial charge on any atom is -0.543 e. The van der Waals surface area contributed by atoms with Crippen molar-refractivity contribution in [2.24, 2.45) is 0 Å². The summed E-state index contributed by atoms with van der Waals surface area (Å²) in [6.07, 6.45) is 1.79. The van der Waals surface area contributed by atoms with Gasteiger partial charge in [-0.15, -0.1) is 0 Å². The molecule has 0 fully saturated rings. The molecule has 0 amide bonds. The van der Waals surface area contributed by atoms with Crippen molar-refractivity contribution in [3.8, 4) is 5.75 Å². The Morgan fingerprint density at radius 3 is 2.33 bits per heavy atom. The molecule has 0 radical (unpaired) electrons. The van der Waals surface area contributed by atoms with Crippen LogP contribution in [0.15, 0.2) is 18.3 Å². The molecule has 0 bridgehead atoms. The highest BCUT2D eigenvalue weighted by atomic mass is 28.4. The Hall–Kier alpha value is -0.833. The number of aryl methyl sites for hydroxylation is 1. The Balaban J connectivity index is 2.71. The van der Waals surface area contributed by atoms with Gasteiger partial charge in [0.2, 0.25) is 8.32 Å². The van der Waals surface area contributed by atoms with Crippen LogP contribution in [-0.4, -0.2) is 13.3 Å². The standard InChI is InChI=1S/C9H15NOSi/c1-8-5-6-9(7-10-8)11-12(2,3)4/h5-7H,1-4H3. The van der Waals surface area contributed by atoms with Crippen molar-refractivity contribution in [1.82, 2.24) is 4.98 Å². The van der Waals surface area contributed by atoms with Crippen LogP contribution >= 0.6 is 0 Å². The Kier molecular flexibility index (Phi) is 2.52. The lowest BCUT2D eigenvalue weighted by molar-refractivity contribution is 0.554. The summed E-state index contributed by atoms with van der Waals surface area (Å²) in [6.45, 7) is 8.45. The first kappa shape index (κ1) is 9.26. The van der Waals surface area contributed by atoms with E-state index in [0.717, 1.165) is 11.4 Å². The fourth-order valence-corrected chi connectivity index (χ4v) is 1.70. The van der Waals surface area contributed by atoms with Gasteiger partial charge in [-0.2, -0.15) is 0 Å². The molecular formula is C9H15NOSi. The monoisotopic (exact) mass is 181 g/mol. The third kappa shape index (κ3) is 3.05. The van der Waals surface area contributed by atoms with Crippen molar-refractivity contribution >= 4 is 8.32 Å². The van der Waals surface area contributed by atoms with E-state index in [1.807, 2.05) is 19.1 Å². The van der Waals surface area contributed by atoms with Crippen LogP contribution in [0, 0.1) is 6.92 Å². The lowest BCUT2D eigenvalue weighted by Gasteiger charge is -2.18. The predicted octanol–water partition coefficient (Wildman–Crippen LogP) is 2.60. The quantitative estimate of drug-likeness (QED) is 0.654. The largest absolute Gasteiger partial charge is 0.543 e. The van der Waals surface area contributed by atoms with Gasteiger partial charge < -0.3 is 4.43 Å². The van der Waals surface area contributed by atoms with Gasteiger partial charge in [-0.1, -0.05) is 0 Å².